The fourth-order valence-corrected chi connectivity index (χ4v) is 3.03. The summed E-state index contributed by atoms with van der Waals surface area (Å²) in [4.78, 5) is 28.9. The molecule has 1 aromatic heterocycles. The number of carbonyl (C=O) groups is 2. The van der Waals surface area contributed by atoms with Crippen molar-refractivity contribution in [1.29, 1.82) is 0 Å². The molecule has 9 heteroatoms. The molecule has 3 amide bonds. The Labute approximate surface area is 190 Å². The van der Waals surface area contributed by atoms with Gasteiger partial charge in [0, 0.05) is 22.5 Å². The van der Waals surface area contributed by atoms with Gasteiger partial charge in [-0.1, -0.05) is 18.2 Å². The summed E-state index contributed by atoms with van der Waals surface area (Å²) < 4.78 is 5.15. The number of nitrogens with one attached hydrogen (secondary N) is 4. The van der Waals surface area contributed by atoms with Crippen molar-refractivity contribution in [2.24, 2.45) is 0 Å². The number of aromatic amines is 1. The maximum atomic E-state index is 12.5. The lowest BCUT2D eigenvalue weighted by Crippen LogP contribution is -2.23. The molecule has 0 saturated heterocycles. The number of ether oxygens (including phenoxy) is 1. The molecular formula is C24H22N6O3. The topological polar surface area (TPSA) is 121 Å². The average Bonchev–Trinajstić information content (AvgIpc) is 3.33. The highest BCUT2D eigenvalue weighted by atomic mass is 16.5. The van der Waals surface area contributed by atoms with E-state index < -0.39 is 0 Å². The number of methoxy groups -OCH3 is 1. The molecule has 0 atom stereocenters. The molecule has 9 nitrogen and oxygen atoms in total. The number of amides is 3. The fraction of sp³-hybridized carbons (Fsp3) is 0.0833. The van der Waals surface area contributed by atoms with Crippen LogP contribution in [0.3, 0.4) is 0 Å². The Morgan fingerprint density at radius 3 is 2.21 bits per heavy atom. The number of rotatable bonds is 7. The molecule has 33 heavy (non-hydrogen) atoms. The van der Waals surface area contributed by atoms with Gasteiger partial charge in [-0.2, -0.15) is 5.10 Å². The van der Waals surface area contributed by atoms with Crippen LogP contribution in [0.15, 0.2) is 78.9 Å². The third-order valence-electron chi connectivity index (χ3n) is 4.73. The van der Waals surface area contributed by atoms with Gasteiger partial charge in [-0.15, -0.1) is 0 Å². The van der Waals surface area contributed by atoms with Crippen molar-refractivity contribution in [3.8, 4) is 17.1 Å². The summed E-state index contributed by atoms with van der Waals surface area (Å²) in [6.45, 7) is 0.196. The molecule has 0 radical (unpaired) electrons. The van der Waals surface area contributed by atoms with Gasteiger partial charge < -0.3 is 20.7 Å². The fourth-order valence-electron chi connectivity index (χ4n) is 3.03. The van der Waals surface area contributed by atoms with E-state index in [4.69, 9.17) is 4.74 Å². The minimum Gasteiger partial charge on any atom is -0.497 e. The normalized spacial score (nSPS) is 10.3. The summed E-state index contributed by atoms with van der Waals surface area (Å²) in [6, 6.07) is 22.7. The van der Waals surface area contributed by atoms with E-state index in [2.05, 4.69) is 31.1 Å². The number of nitrogens with zero attached hydrogens (tertiary/aromatic N) is 2. The maximum Gasteiger partial charge on any atom is 0.323 e. The van der Waals surface area contributed by atoms with Crippen LogP contribution in [0, 0.1) is 0 Å². The lowest BCUT2D eigenvalue weighted by Gasteiger charge is -2.08. The molecule has 1 heterocycles. The van der Waals surface area contributed by atoms with Crippen molar-refractivity contribution in [3.63, 3.8) is 0 Å². The van der Waals surface area contributed by atoms with E-state index in [0.717, 1.165) is 11.3 Å². The standard InChI is InChI=1S/C24H22N6O3/c1-33-20-13-9-16(10-14-20)22-28-21(29-30-22)15-25-23(31)17-7-11-19(12-8-17)27-24(32)26-18-5-3-2-4-6-18/h2-14H,15H2,1H3,(H,25,31)(H2,26,27,32)(H,28,29,30). The highest BCUT2D eigenvalue weighted by molar-refractivity contribution is 6.00. The molecule has 0 aliphatic rings. The van der Waals surface area contributed by atoms with Crippen molar-refractivity contribution in [2.45, 2.75) is 6.54 Å². The van der Waals surface area contributed by atoms with E-state index in [1.807, 2.05) is 42.5 Å². The Hall–Kier alpha value is -4.66. The number of aromatic nitrogens is 3. The van der Waals surface area contributed by atoms with Crippen LogP contribution in [0.1, 0.15) is 16.2 Å². The smallest absolute Gasteiger partial charge is 0.323 e. The zero-order valence-electron chi connectivity index (χ0n) is 17.8. The van der Waals surface area contributed by atoms with E-state index in [1.165, 1.54) is 0 Å². The molecule has 4 N–H and O–H groups in total. The van der Waals surface area contributed by atoms with Crippen molar-refractivity contribution < 1.29 is 14.3 Å². The third kappa shape index (κ3) is 5.73. The number of anilines is 2. The van der Waals surface area contributed by atoms with Gasteiger partial charge in [0.2, 0.25) is 0 Å². The minimum atomic E-state index is -0.364. The SMILES string of the molecule is COc1ccc(-c2n[nH]c(CNC(=O)c3ccc(NC(=O)Nc4ccccc4)cc3)n2)cc1. The molecular weight excluding hydrogens is 420 g/mol. The van der Waals surface area contributed by atoms with Gasteiger partial charge in [0.25, 0.3) is 5.91 Å². The number of H-pyrrole nitrogens is 1. The second-order valence-corrected chi connectivity index (χ2v) is 7.04. The predicted octanol–water partition coefficient (Wildman–Crippen LogP) is 4.05. The Kier molecular flexibility index (Phi) is 6.60. The Balaban J connectivity index is 1.29. The molecule has 0 aliphatic carbocycles. The molecule has 0 saturated carbocycles. The molecule has 4 rings (SSSR count). The lowest BCUT2D eigenvalue weighted by atomic mass is 10.2. The lowest BCUT2D eigenvalue weighted by molar-refractivity contribution is 0.0950. The van der Waals surface area contributed by atoms with Crippen molar-refractivity contribution >= 4 is 23.3 Å². The minimum absolute atomic E-state index is 0.196. The average molecular weight is 442 g/mol. The summed E-state index contributed by atoms with van der Waals surface area (Å²) in [7, 11) is 1.61. The first kappa shape index (κ1) is 21.6. The van der Waals surface area contributed by atoms with Crippen LogP contribution in [-0.4, -0.2) is 34.2 Å². The highest BCUT2D eigenvalue weighted by Crippen LogP contribution is 2.19. The van der Waals surface area contributed by atoms with E-state index in [0.29, 0.717) is 28.6 Å². The van der Waals surface area contributed by atoms with E-state index in [1.54, 1.807) is 43.5 Å². The van der Waals surface area contributed by atoms with Gasteiger partial charge in [-0.25, -0.2) is 9.78 Å². The van der Waals surface area contributed by atoms with Crippen LogP contribution in [-0.2, 0) is 6.54 Å². The number of hydrogen-bond acceptors (Lipinski definition) is 5. The van der Waals surface area contributed by atoms with E-state index >= 15 is 0 Å². The predicted molar refractivity (Wildman–Crippen MR) is 125 cm³/mol. The summed E-state index contributed by atoms with van der Waals surface area (Å²) in [5.74, 6) is 1.55. The number of hydrogen-bond donors (Lipinski definition) is 4. The van der Waals surface area contributed by atoms with Crippen LogP contribution >= 0.6 is 0 Å². The zero-order valence-corrected chi connectivity index (χ0v) is 17.8. The summed E-state index contributed by atoms with van der Waals surface area (Å²) >= 11 is 0. The maximum absolute atomic E-state index is 12.5. The second-order valence-electron chi connectivity index (χ2n) is 7.04. The second kappa shape index (κ2) is 10.1. The molecule has 0 aliphatic heterocycles. The van der Waals surface area contributed by atoms with Gasteiger partial charge in [-0.3, -0.25) is 9.89 Å². The summed E-state index contributed by atoms with van der Waals surface area (Å²) in [5, 5.41) is 15.3. The molecule has 166 valence electrons. The van der Waals surface area contributed by atoms with Crippen molar-refractivity contribution in [2.75, 3.05) is 17.7 Å². The van der Waals surface area contributed by atoms with Gasteiger partial charge in [-0.05, 0) is 60.7 Å². The van der Waals surface area contributed by atoms with Crippen molar-refractivity contribution in [3.05, 3.63) is 90.3 Å². The van der Waals surface area contributed by atoms with Crippen LogP contribution < -0.4 is 20.7 Å². The zero-order chi connectivity index (χ0) is 23.0. The van der Waals surface area contributed by atoms with Gasteiger partial charge in [0.05, 0.1) is 13.7 Å². The summed E-state index contributed by atoms with van der Waals surface area (Å²) in [6.07, 6.45) is 0. The molecule has 0 spiro atoms. The molecule has 0 fully saturated rings. The van der Waals surface area contributed by atoms with Gasteiger partial charge in [0.1, 0.15) is 11.6 Å². The van der Waals surface area contributed by atoms with Crippen LogP contribution in [0.4, 0.5) is 16.2 Å². The molecule has 0 bridgehead atoms. The number of urea groups is 1. The Morgan fingerprint density at radius 1 is 0.879 bits per heavy atom. The van der Waals surface area contributed by atoms with Crippen LogP contribution in [0.25, 0.3) is 11.4 Å². The largest absolute Gasteiger partial charge is 0.497 e. The van der Waals surface area contributed by atoms with Gasteiger partial charge >= 0.3 is 6.03 Å². The molecule has 0 unspecified atom stereocenters. The van der Waals surface area contributed by atoms with Gasteiger partial charge in [0.15, 0.2) is 5.82 Å². The molecule has 4 aromatic rings. The van der Waals surface area contributed by atoms with Crippen LogP contribution in [0.5, 0.6) is 5.75 Å². The Morgan fingerprint density at radius 2 is 1.55 bits per heavy atom. The number of carbonyl (C=O) groups excluding carboxylic acids is 2. The van der Waals surface area contributed by atoms with Crippen molar-refractivity contribution in [1.82, 2.24) is 20.5 Å². The third-order valence-corrected chi connectivity index (χ3v) is 4.73. The number of para-hydroxylation sites is 1. The Bertz CT molecular complexity index is 1220. The first-order valence-corrected chi connectivity index (χ1v) is 10.2. The quantitative estimate of drug-likeness (QED) is 0.344. The molecule has 3 aromatic carbocycles. The van der Waals surface area contributed by atoms with Crippen LogP contribution in [0.2, 0.25) is 0 Å². The first-order chi connectivity index (χ1) is 16.1. The number of benzene rings is 3. The van der Waals surface area contributed by atoms with E-state index in [-0.39, 0.29) is 18.5 Å². The van der Waals surface area contributed by atoms with E-state index in [9.17, 15) is 9.59 Å². The highest BCUT2D eigenvalue weighted by Gasteiger charge is 2.10. The first-order valence-electron chi connectivity index (χ1n) is 10.2. The summed E-state index contributed by atoms with van der Waals surface area (Å²) in [5.41, 5.74) is 2.55. The monoisotopic (exact) mass is 442 g/mol.